The van der Waals surface area contributed by atoms with Crippen molar-refractivity contribution in [1.82, 2.24) is 15.0 Å². The van der Waals surface area contributed by atoms with Crippen molar-refractivity contribution in [2.45, 2.75) is 45.6 Å². The molecule has 1 fully saturated rings. The molecule has 1 amide bonds. The van der Waals surface area contributed by atoms with Gasteiger partial charge in [-0.25, -0.2) is 0 Å². The van der Waals surface area contributed by atoms with Crippen LogP contribution in [0.15, 0.2) is 4.52 Å². The lowest BCUT2D eigenvalue weighted by atomic mass is 9.93. The molecule has 88 valence electrons. The third-order valence-electron chi connectivity index (χ3n) is 3.18. The SMILES string of the molecule is CC(=O)N1CC(c2nc(C)no2)CCC1C. The first-order valence-corrected chi connectivity index (χ1v) is 5.65. The lowest BCUT2D eigenvalue weighted by Gasteiger charge is -2.36. The molecule has 5 nitrogen and oxygen atoms in total. The predicted octanol–water partition coefficient (Wildman–Crippen LogP) is 1.49. The third kappa shape index (κ3) is 2.08. The van der Waals surface area contributed by atoms with E-state index in [0.29, 0.717) is 24.3 Å². The fraction of sp³-hybridized carbons (Fsp3) is 0.727. The van der Waals surface area contributed by atoms with Gasteiger partial charge in [-0.15, -0.1) is 0 Å². The molecule has 1 aliphatic heterocycles. The molecule has 1 aromatic heterocycles. The molecule has 1 aromatic rings. The van der Waals surface area contributed by atoms with Crippen LogP contribution in [-0.2, 0) is 4.79 Å². The molecule has 2 atom stereocenters. The summed E-state index contributed by atoms with van der Waals surface area (Å²) in [7, 11) is 0. The van der Waals surface area contributed by atoms with Gasteiger partial charge in [-0.05, 0) is 26.7 Å². The largest absolute Gasteiger partial charge is 0.339 e. The Balaban J connectivity index is 2.11. The van der Waals surface area contributed by atoms with Gasteiger partial charge < -0.3 is 9.42 Å². The Morgan fingerprint density at radius 3 is 2.81 bits per heavy atom. The van der Waals surface area contributed by atoms with Crippen LogP contribution >= 0.6 is 0 Å². The topological polar surface area (TPSA) is 59.2 Å². The maximum absolute atomic E-state index is 11.5. The van der Waals surface area contributed by atoms with Crippen molar-refractivity contribution >= 4 is 5.91 Å². The molecule has 0 spiro atoms. The summed E-state index contributed by atoms with van der Waals surface area (Å²) in [6, 6.07) is 0.317. The monoisotopic (exact) mass is 223 g/mol. The number of piperidine rings is 1. The second-order valence-corrected chi connectivity index (χ2v) is 4.47. The van der Waals surface area contributed by atoms with Crippen LogP contribution in [0.4, 0.5) is 0 Å². The first kappa shape index (κ1) is 11.1. The fourth-order valence-corrected chi connectivity index (χ4v) is 2.23. The highest BCUT2D eigenvalue weighted by molar-refractivity contribution is 5.73. The van der Waals surface area contributed by atoms with Crippen molar-refractivity contribution < 1.29 is 9.32 Å². The van der Waals surface area contributed by atoms with Crippen LogP contribution in [0, 0.1) is 6.92 Å². The number of hydrogen-bond acceptors (Lipinski definition) is 4. The summed E-state index contributed by atoms with van der Waals surface area (Å²) in [6.07, 6.45) is 2.00. The Labute approximate surface area is 94.8 Å². The maximum Gasteiger partial charge on any atom is 0.231 e. The van der Waals surface area contributed by atoms with Crippen molar-refractivity contribution in [2.75, 3.05) is 6.54 Å². The molecule has 1 aliphatic rings. The van der Waals surface area contributed by atoms with Gasteiger partial charge in [-0.2, -0.15) is 4.98 Å². The molecule has 2 unspecified atom stereocenters. The summed E-state index contributed by atoms with van der Waals surface area (Å²) in [5.41, 5.74) is 0. The van der Waals surface area contributed by atoms with E-state index in [0.717, 1.165) is 12.8 Å². The van der Waals surface area contributed by atoms with Gasteiger partial charge in [0.05, 0.1) is 5.92 Å². The van der Waals surface area contributed by atoms with Crippen LogP contribution in [0.5, 0.6) is 0 Å². The Hall–Kier alpha value is -1.39. The van der Waals surface area contributed by atoms with E-state index in [-0.39, 0.29) is 11.8 Å². The van der Waals surface area contributed by atoms with Crippen LogP contribution in [0.2, 0.25) is 0 Å². The number of carbonyl (C=O) groups excluding carboxylic acids is 1. The second-order valence-electron chi connectivity index (χ2n) is 4.47. The van der Waals surface area contributed by atoms with E-state index in [4.69, 9.17) is 4.52 Å². The van der Waals surface area contributed by atoms with E-state index >= 15 is 0 Å². The first-order chi connectivity index (χ1) is 7.58. The van der Waals surface area contributed by atoms with Gasteiger partial charge in [0.15, 0.2) is 5.82 Å². The maximum atomic E-state index is 11.5. The Morgan fingerprint density at radius 2 is 2.25 bits per heavy atom. The van der Waals surface area contributed by atoms with Gasteiger partial charge in [0.2, 0.25) is 11.8 Å². The zero-order valence-corrected chi connectivity index (χ0v) is 9.93. The zero-order chi connectivity index (χ0) is 11.7. The van der Waals surface area contributed by atoms with Crippen LogP contribution in [0.1, 0.15) is 44.3 Å². The Kier molecular flexibility index (Phi) is 2.94. The summed E-state index contributed by atoms with van der Waals surface area (Å²) in [4.78, 5) is 17.6. The van der Waals surface area contributed by atoms with Crippen LogP contribution < -0.4 is 0 Å². The number of rotatable bonds is 1. The number of aromatic nitrogens is 2. The Bertz CT molecular complexity index is 388. The molecule has 0 saturated carbocycles. The molecule has 2 heterocycles. The molecule has 0 bridgehead atoms. The lowest BCUT2D eigenvalue weighted by molar-refractivity contribution is -0.132. The van der Waals surface area contributed by atoms with E-state index in [1.807, 2.05) is 4.90 Å². The van der Waals surface area contributed by atoms with Gasteiger partial charge in [-0.1, -0.05) is 5.16 Å². The number of nitrogens with zero attached hydrogens (tertiary/aromatic N) is 3. The number of carbonyl (C=O) groups is 1. The van der Waals surface area contributed by atoms with E-state index in [1.54, 1.807) is 13.8 Å². The summed E-state index contributed by atoms with van der Waals surface area (Å²) in [6.45, 7) is 6.19. The van der Waals surface area contributed by atoms with E-state index in [2.05, 4.69) is 17.1 Å². The average molecular weight is 223 g/mol. The third-order valence-corrected chi connectivity index (χ3v) is 3.18. The highest BCUT2D eigenvalue weighted by Crippen LogP contribution is 2.28. The number of aryl methyl sites for hydroxylation is 1. The quantitative estimate of drug-likeness (QED) is 0.723. The van der Waals surface area contributed by atoms with E-state index in [1.165, 1.54) is 0 Å². The highest BCUT2D eigenvalue weighted by Gasteiger charge is 2.30. The van der Waals surface area contributed by atoms with Gasteiger partial charge >= 0.3 is 0 Å². The van der Waals surface area contributed by atoms with E-state index in [9.17, 15) is 4.79 Å². The van der Waals surface area contributed by atoms with Crippen molar-refractivity contribution in [3.05, 3.63) is 11.7 Å². The summed E-state index contributed by atoms with van der Waals surface area (Å²) in [5.74, 6) is 1.63. The zero-order valence-electron chi connectivity index (χ0n) is 9.93. The summed E-state index contributed by atoms with van der Waals surface area (Å²) in [5, 5.41) is 3.79. The van der Waals surface area contributed by atoms with Crippen LogP contribution in [0.3, 0.4) is 0 Å². The lowest BCUT2D eigenvalue weighted by Crippen LogP contribution is -2.43. The molecular weight excluding hydrogens is 206 g/mol. The smallest absolute Gasteiger partial charge is 0.231 e. The molecule has 5 heteroatoms. The minimum absolute atomic E-state index is 0.119. The van der Waals surface area contributed by atoms with Gasteiger partial charge in [0.25, 0.3) is 0 Å². The van der Waals surface area contributed by atoms with Crippen LogP contribution in [-0.4, -0.2) is 33.5 Å². The van der Waals surface area contributed by atoms with Crippen molar-refractivity contribution in [1.29, 1.82) is 0 Å². The minimum atomic E-state index is 0.119. The van der Waals surface area contributed by atoms with Crippen molar-refractivity contribution in [3.63, 3.8) is 0 Å². The van der Waals surface area contributed by atoms with Crippen molar-refractivity contribution in [2.24, 2.45) is 0 Å². The van der Waals surface area contributed by atoms with Gasteiger partial charge in [0.1, 0.15) is 0 Å². The van der Waals surface area contributed by atoms with Gasteiger partial charge in [-0.3, -0.25) is 4.79 Å². The highest BCUT2D eigenvalue weighted by atomic mass is 16.5. The second kappa shape index (κ2) is 4.23. The Morgan fingerprint density at radius 1 is 1.50 bits per heavy atom. The molecule has 1 saturated heterocycles. The minimum Gasteiger partial charge on any atom is -0.339 e. The van der Waals surface area contributed by atoms with Gasteiger partial charge in [0, 0.05) is 19.5 Å². The summed E-state index contributed by atoms with van der Waals surface area (Å²) < 4.78 is 5.17. The predicted molar refractivity (Wildman–Crippen MR) is 57.9 cm³/mol. The summed E-state index contributed by atoms with van der Waals surface area (Å²) >= 11 is 0. The number of amides is 1. The molecule has 2 rings (SSSR count). The number of hydrogen-bond donors (Lipinski definition) is 0. The molecule has 0 radical (unpaired) electrons. The number of likely N-dealkylation sites (tertiary alicyclic amines) is 1. The van der Waals surface area contributed by atoms with E-state index < -0.39 is 0 Å². The average Bonchev–Trinajstić information content (AvgIpc) is 2.65. The molecular formula is C11H17N3O2. The molecule has 16 heavy (non-hydrogen) atoms. The molecule has 0 N–H and O–H groups in total. The molecule has 0 aliphatic carbocycles. The standard InChI is InChI=1S/C11H17N3O2/c1-7-4-5-10(6-14(7)9(3)15)11-12-8(2)13-16-11/h7,10H,4-6H2,1-3H3. The molecule has 0 aromatic carbocycles. The van der Waals surface area contributed by atoms with Crippen LogP contribution in [0.25, 0.3) is 0 Å². The van der Waals surface area contributed by atoms with Crippen molar-refractivity contribution in [3.8, 4) is 0 Å². The fourth-order valence-electron chi connectivity index (χ4n) is 2.23. The normalized spacial score (nSPS) is 25.8. The first-order valence-electron chi connectivity index (χ1n) is 5.65.